The maximum atomic E-state index is 15.5. The first-order chi connectivity index (χ1) is 22.2. The van der Waals surface area contributed by atoms with Gasteiger partial charge in [-0.3, -0.25) is 18.9 Å². The first-order valence-corrected chi connectivity index (χ1v) is 16.0. The standard InChI is InChI=1S/C36H26NO8P/c1-21(38)42-25-17-18-29-28(19-25)34-35(37(29)24-11-5-4-6-12-24)31(43-22(2)39)20-33(36(34)44-23(3)40)46(41)32-16-10-8-14-27(32)26-13-7-9-15-30(26)45-46/h4-20H,1-3H3. The number of aromatic nitrogens is 1. The molecule has 6 aromatic rings. The molecule has 0 fully saturated rings. The SMILES string of the molecule is CC(=O)Oc1ccc2c(c1)c1c(OC(C)=O)c(P3(=O)Oc4ccccc4-c4ccccc43)cc(OC(C)=O)c1n2-c1ccccc1. The van der Waals surface area contributed by atoms with Gasteiger partial charge in [0.05, 0.1) is 21.5 Å². The Morgan fingerprint density at radius 2 is 1.33 bits per heavy atom. The van der Waals surface area contributed by atoms with Crippen LogP contribution in [0.5, 0.6) is 23.0 Å². The molecule has 0 bridgehead atoms. The van der Waals surface area contributed by atoms with Crippen molar-refractivity contribution >= 4 is 57.7 Å². The van der Waals surface area contributed by atoms with E-state index in [0.717, 1.165) is 5.56 Å². The van der Waals surface area contributed by atoms with Crippen molar-refractivity contribution in [1.82, 2.24) is 4.57 Å². The molecule has 0 N–H and O–H groups in total. The number of hydrogen-bond acceptors (Lipinski definition) is 8. The van der Waals surface area contributed by atoms with Gasteiger partial charge in [-0.2, -0.15) is 0 Å². The van der Waals surface area contributed by atoms with E-state index >= 15 is 4.57 Å². The second kappa shape index (κ2) is 11.1. The van der Waals surface area contributed by atoms with Gasteiger partial charge < -0.3 is 23.3 Å². The van der Waals surface area contributed by atoms with E-state index in [2.05, 4.69) is 0 Å². The Morgan fingerprint density at radius 1 is 0.674 bits per heavy atom. The molecule has 9 nitrogen and oxygen atoms in total. The Labute approximate surface area is 263 Å². The highest BCUT2D eigenvalue weighted by Crippen LogP contribution is 2.57. The molecule has 228 valence electrons. The molecule has 10 heteroatoms. The topological polar surface area (TPSA) is 110 Å². The van der Waals surface area contributed by atoms with Crippen LogP contribution >= 0.6 is 7.37 Å². The van der Waals surface area contributed by atoms with Gasteiger partial charge in [0, 0.05) is 43.5 Å². The largest absolute Gasteiger partial charge is 0.436 e. The van der Waals surface area contributed by atoms with Crippen molar-refractivity contribution < 1.29 is 37.7 Å². The van der Waals surface area contributed by atoms with Crippen molar-refractivity contribution in [3.05, 3.63) is 103 Å². The lowest BCUT2D eigenvalue weighted by molar-refractivity contribution is -0.132. The van der Waals surface area contributed by atoms with Crippen LogP contribution in [0, 0.1) is 0 Å². The summed E-state index contributed by atoms with van der Waals surface area (Å²) in [6.45, 7) is 3.81. The van der Waals surface area contributed by atoms with Crippen molar-refractivity contribution in [2.45, 2.75) is 20.8 Å². The third-order valence-corrected chi connectivity index (χ3v) is 10.1. The minimum Gasteiger partial charge on any atom is -0.436 e. The molecule has 0 saturated heterocycles. The van der Waals surface area contributed by atoms with E-state index in [0.29, 0.717) is 44.1 Å². The summed E-state index contributed by atoms with van der Waals surface area (Å²) in [5.41, 5.74) is 3.14. The average molecular weight is 632 g/mol. The summed E-state index contributed by atoms with van der Waals surface area (Å²) < 4.78 is 41.0. The molecule has 5 aromatic carbocycles. The lowest BCUT2D eigenvalue weighted by Crippen LogP contribution is -2.27. The molecule has 2 heterocycles. The zero-order valence-electron chi connectivity index (χ0n) is 25.0. The minimum atomic E-state index is -4.09. The van der Waals surface area contributed by atoms with Crippen molar-refractivity contribution in [3.8, 4) is 39.8 Å². The predicted octanol–water partition coefficient (Wildman–Crippen LogP) is 6.85. The van der Waals surface area contributed by atoms with E-state index in [1.807, 2.05) is 59.2 Å². The van der Waals surface area contributed by atoms with Crippen LogP contribution in [0.4, 0.5) is 0 Å². The second-order valence-electron chi connectivity index (χ2n) is 10.7. The Bertz CT molecular complexity index is 2290. The average Bonchev–Trinajstić information content (AvgIpc) is 3.37. The van der Waals surface area contributed by atoms with Crippen molar-refractivity contribution in [1.29, 1.82) is 0 Å². The van der Waals surface area contributed by atoms with E-state index < -0.39 is 25.3 Å². The van der Waals surface area contributed by atoms with E-state index in [4.69, 9.17) is 18.7 Å². The van der Waals surface area contributed by atoms with Gasteiger partial charge in [0.2, 0.25) is 0 Å². The Kier molecular flexibility index (Phi) is 6.98. The van der Waals surface area contributed by atoms with Gasteiger partial charge in [-0.25, -0.2) is 0 Å². The van der Waals surface area contributed by atoms with Crippen molar-refractivity contribution in [2.75, 3.05) is 0 Å². The van der Waals surface area contributed by atoms with Crippen molar-refractivity contribution in [2.24, 2.45) is 0 Å². The molecule has 0 amide bonds. The van der Waals surface area contributed by atoms with Gasteiger partial charge in [-0.05, 0) is 48.0 Å². The third kappa shape index (κ3) is 4.73. The predicted molar refractivity (Wildman–Crippen MR) is 174 cm³/mol. The fourth-order valence-corrected chi connectivity index (χ4v) is 8.39. The van der Waals surface area contributed by atoms with Crippen LogP contribution in [-0.2, 0) is 18.9 Å². The van der Waals surface area contributed by atoms with Crippen LogP contribution in [-0.4, -0.2) is 22.5 Å². The summed E-state index contributed by atoms with van der Waals surface area (Å²) in [5, 5.41) is 1.22. The van der Waals surface area contributed by atoms with Gasteiger partial charge in [0.15, 0.2) is 11.5 Å². The van der Waals surface area contributed by atoms with Crippen LogP contribution in [0.1, 0.15) is 20.8 Å². The van der Waals surface area contributed by atoms with Gasteiger partial charge in [0.1, 0.15) is 17.0 Å². The van der Waals surface area contributed by atoms with E-state index in [1.165, 1.54) is 26.8 Å². The molecule has 0 saturated carbocycles. The van der Waals surface area contributed by atoms with Gasteiger partial charge >= 0.3 is 25.3 Å². The Hall–Kier alpha value is -5.66. The molecule has 7 rings (SSSR count). The molecule has 1 atom stereocenters. The monoisotopic (exact) mass is 631 g/mol. The summed E-state index contributed by atoms with van der Waals surface area (Å²) in [6.07, 6.45) is 0. The molecule has 1 aliphatic heterocycles. The molecule has 0 spiro atoms. The molecule has 1 aromatic heterocycles. The summed E-state index contributed by atoms with van der Waals surface area (Å²) in [6, 6.07) is 30.2. The van der Waals surface area contributed by atoms with Crippen LogP contribution in [0.25, 0.3) is 38.6 Å². The maximum absolute atomic E-state index is 15.5. The number of esters is 3. The summed E-state index contributed by atoms with van der Waals surface area (Å²) in [7, 11) is -4.09. The molecular weight excluding hydrogens is 605 g/mol. The van der Waals surface area contributed by atoms with Gasteiger partial charge in [0.25, 0.3) is 0 Å². The summed E-state index contributed by atoms with van der Waals surface area (Å²) in [5.74, 6) is -1.16. The third-order valence-electron chi connectivity index (χ3n) is 7.62. The highest BCUT2D eigenvalue weighted by Gasteiger charge is 2.42. The van der Waals surface area contributed by atoms with Gasteiger partial charge in [-0.15, -0.1) is 0 Å². The second-order valence-corrected chi connectivity index (χ2v) is 13.0. The fourth-order valence-electron chi connectivity index (χ4n) is 5.99. The summed E-state index contributed by atoms with van der Waals surface area (Å²) in [4.78, 5) is 37.4. The highest BCUT2D eigenvalue weighted by atomic mass is 31.2. The number of para-hydroxylation sites is 2. The molecule has 0 radical (unpaired) electrons. The van der Waals surface area contributed by atoms with E-state index in [1.54, 1.807) is 42.5 Å². The highest BCUT2D eigenvalue weighted by molar-refractivity contribution is 7.75. The van der Waals surface area contributed by atoms with Crippen LogP contribution < -0.4 is 29.3 Å². The molecule has 1 unspecified atom stereocenters. The summed E-state index contributed by atoms with van der Waals surface area (Å²) >= 11 is 0. The zero-order valence-corrected chi connectivity index (χ0v) is 25.9. The molecule has 1 aliphatic rings. The number of benzene rings is 5. The van der Waals surface area contributed by atoms with Crippen LogP contribution in [0.2, 0.25) is 0 Å². The van der Waals surface area contributed by atoms with Crippen LogP contribution in [0.15, 0.2) is 103 Å². The Balaban J connectivity index is 1.67. The fraction of sp³-hybridized carbons (Fsp3) is 0.0833. The number of ether oxygens (including phenoxy) is 3. The Morgan fingerprint density at radius 3 is 2.04 bits per heavy atom. The molecule has 0 aliphatic carbocycles. The number of carbonyl (C=O) groups excluding carboxylic acids is 3. The molecule has 46 heavy (non-hydrogen) atoms. The molecular formula is C36H26NO8P. The number of rotatable bonds is 5. The van der Waals surface area contributed by atoms with Crippen LogP contribution in [0.3, 0.4) is 0 Å². The van der Waals surface area contributed by atoms with Gasteiger partial charge in [-0.1, -0.05) is 54.6 Å². The first-order valence-electron chi connectivity index (χ1n) is 14.4. The number of carbonyl (C=O) groups is 3. The smallest absolute Gasteiger partial charge is 0.311 e. The van der Waals surface area contributed by atoms with Crippen molar-refractivity contribution in [3.63, 3.8) is 0 Å². The lowest BCUT2D eigenvalue weighted by Gasteiger charge is -2.30. The number of hydrogen-bond donors (Lipinski definition) is 0. The lowest BCUT2D eigenvalue weighted by atomic mass is 10.0. The number of fused-ring (bicyclic) bond motifs is 6. The maximum Gasteiger partial charge on any atom is 0.311 e. The van der Waals surface area contributed by atoms with E-state index in [9.17, 15) is 14.4 Å². The zero-order chi connectivity index (χ0) is 32.2. The minimum absolute atomic E-state index is 0.0263. The number of nitrogens with zero attached hydrogens (tertiary/aromatic N) is 1. The van der Waals surface area contributed by atoms with E-state index in [-0.39, 0.29) is 22.6 Å². The normalized spacial score (nSPS) is 15.0. The first kappa shape index (κ1) is 29.1. The quantitative estimate of drug-likeness (QED) is 0.116.